The van der Waals surface area contributed by atoms with Crippen molar-refractivity contribution in [1.29, 1.82) is 0 Å². The number of hydrogen-bond donors (Lipinski definition) is 2. The number of rotatable bonds is 7. The van der Waals surface area contributed by atoms with Crippen LogP contribution in [0.25, 0.3) is 10.8 Å². The van der Waals surface area contributed by atoms with Crippen LogP contribution in [0.2, 0.25) is 0 Å². The van der Waals surface area contributed by atoms with Crippen LogP contribution in [0, 0.1) is 0 Å². The van der Waals surface area contributed by atoms with Crippen LogP contribution in [-0.2, 0) is 6.54 Å². The third-order valence-corrected chi connectivity index (χ3v) is 3.49. The summed E-state index contributed by atoms with van der Waals surface area (Å²) in [5.74, 6) is 0.915. The molecule has 0 saturated carbocycles. The number of hydrogen-bond acceptors (Lipinski definition) is 3. The molecule has 3 nitrogen and oxygen atoms in total. The molecule has 0 spiro atoms. The predicted molar refractivity (Wildman–Crippen MR) is 83.1 cm³/mol. The Labute approximate surface area is 120 Å². The zero-order valence-corrected chi connectivity index (χ0v) is 12.2. The summed E-state index contributed by atoms with van der Waals surface area (Å²) in [6, 6.07) is 12.4. The predicted octanol–water partition coefficient (Wildman–Crippen LogP) is 3.10. The Morgan fingerprint density at radius 2 is 1.90 bits per heavy atom. The van der Waals surface area contributed by atoms with Crippen LogP contribution in [0.4, 0.5) is 0 Å². The first-order valence-corrected chi connectivity index (χ1v) is 7.15. The van der Waals surface area contributed by atoms with E-state index < -0.39 is 0 Å². The van der Waals surface area contributed by atoms with Crippen LogP contribution < -0.4 is 10.1 Å². The number of aliphatic hydroxyl groups is 1. The lowest BCUT2D eigenvalue weighted by atomic mass is 10.0. The molecule has 20 heavy (non-hydrogen) atoms. The summed E-state index contributed by atoms with van der Waals surface area (Å²) < 4.78 is 5.40. The Kier molecular flexibility index (Phi) is 5.39. The van der Waals surface area contributed by atoms with Crippen molar-refractivity contribution in [2.45, 2.75) is 32.4 Å². The SMILES string of the molecule is COc1ccc(CNCCCC(C)O)c2ccccc12. The van der Waals surface area contributed by atoms with E-state index in [1.165, 1.54) is 10.9 Å². The molecule has 108 valence electrons. The number of methoxy groups -OCH3 is 1. The van der Waals surface area contributed by atoms with Gasteiger partial charge in [0.15, 0.2) is 0 Å². The van der Waals surface area contributed by atoms with Gasteiger partial charge in [0.1, 0.15) is 5.75 Å². The van der Waals surface area contributed by atoms with E-state index in [2.05, 4.69) is 29.6 Å². The van der Waals surface area contributed by atoms with Crippen LogP contribution >= 0.6 is 0 Å². The average Bonchev–Trinajstić information content (AvgIpc) is 2.46. The Morgan fingerprint density at radius 1 is 1.15 bits per heavy atom. The monoisotopic (exact) mass is 273 g/mol. The van der Waals surface area contributed by atoms with Gasteiger partial charge < -0.3 is 15.2 Å². The van der Waals surface area contributed by atoms with E-state index in [0.717, 1.165) is 37.1 Å². The Hall–Kier alpha value is -1.58. The Balaban J connectivity index is 2.03. The highest BCUT2D eigenvalue weighted by Crippen LogP contribution is 2.28. The lowest BCUT2D eigenvalue weighted by Crippen LogP contribution is -2.16. The van der Waals surface area contributed by atoms with Gasteiger partial charge in [0.25, 0.3) is 0 Å². The summed E-state index contributed by atoms with van der Waals surface area (Å²) in [4.78, 5) is 0. The van der Waals surface area contributed by atoms with Crippen molar-refractivity contribution < 1.29 is 9.84 Å². The van der Waals surface area contributed by atoms with Crippen LogP contribution in [0.1, 0.15) is 25.3 Å². The first-order valence-electron chi connectivity index (χ1n) is 7.15. The number of fused-ring (bicyclic) bond motifs is 1. The van der Waals surface area contributed by atoms with Gasteiger partial charge in [-0.1, -0.05) is 30.3 Å². The van der Waals surface area contributed by atoms with E-state index in [-0.39, 0.29) is 6.10 Å². The van der Waals surface area contributed by atoms with Gasteiger partial charge in [0.2, 0.25) is 0 Å². The number of nitrogens with one attached hydrogen (secondary N) is 1. The molecule has 2 aromatic carbocycles. The van der Waals surface area contributed by atoms with Crippen molar-refractivity contribution >= 4 is 10.8 Å². The number of benzene rings is 2. The third kappa shape index (κ3) is 3.71. The smallest absolute Gasteiger partial charge is 0.126 e. The third-order valence-electron chi connectivity index (χ3n) is 3.49. The quantitative estimate of drug-likeness (QED) is 0.762. The van der Waals surface area contributed by atoms with Gasteiger partial charge in [-0.15, -0.1) is 0 Å². The number of ether oxygens (including phenoxy) is 1. The molecule has 0 heterocycles. The van der Waals surface area contributed by atoms with Crippen molar-refractivity contribution in [3.8, 4) is 5.75 Å². The van der Waals surface area contributed by atoms with Gasteiger partial charge in [-0.05, 0) is 43.3 Å². The van der Waals surface area contributed by atoms with Crippen molar-refractivity contribution in [2.24, 2.45) is 0 Å². The van der Waals surface area contributed by atoms with Gasteiger partial charge in [-0.3, -0.25) is 0 Å². The summed E-state index contributed by atoms with van der Waals surface area (Å²) >= 11 is 0. The summed E-state index contributed by atoms with van der Waals surface area (Å²) in [7, 11) is 1.70. The Morgan fingerprint density at radius 3 is 2.60 bits per heavy atom. The molecule has 3 heteroatoms. The standard InChI is InChI=1S/C17H23NO2/c1-13(19)6-5-11-18-12-14-9-10-17(20-2)16-8-4-3-7-15(14)16/h3-4,7-10,13,18-19H,5-6,11-12H2,1-2H3. The fourth-order valence-corrected chi connectivity index (χ4v) is 2.41. The zero-order chi connectivity index (χ0) is 14.4. The molecule has 0 aliphatic heterocycles. The molecular weight excluding hydrogens is 250 g/mol. The van der Waals surface area contributed by atoms with Gasteiger partial charge in [-0.2, -0.15) is 0 Å². The molecule has 0 bridgehead atoms. The average molecular weight is 273 g/mol. The van der Waals surface area contributed by atoms with E-state index in [0.29, 0.717) is 0 Å². The summed E-state index contributed by atoms with van der Waals surface area (Å²) in [6.07, 6.45) is 1.63. The van der Waals surface area contributed by atoms with Gasteiger partial charge in [0, 0.05) is 11.9 Å². The minimum Gasteiger partial charge on any atom is -0.496 e. The zero-order valence-electron chi connectivity index (χ0n) is 12.2. The van der Waals surface area contributed by atoms with E-state index >= 15 is 0 Å². The lowest BCUT2D eigenvalue weighted by Gasteiger charge is -2.11. The molecule has 2 aromatic rings. The molecule has 1 unspecified atom stereocenters. The first-order chi connectivity index (χ1) is 9.72. The minimum atomic E-state index is -0.210. The van der Waals surface area contributed by atoms with Crippen LogP contribution in [0.15, 0.2) is 36.4 Å². The van der Waals surface area contributed by atoms with Crippen LogP contribution in [0.3, 0.4) is 0 Å². The highest BCUT2D eigenvalue weighted by molar-refractivity contribution is 5.91. The number of aliphatic hydroxyl groups excluding tert-OH is 1. The molecule has 2 rings (SSSR count). The fourth-order valence-electron chi connectivity index (χ4n) is 2.41. The maximum atomic E-state index is 9.23. The van der Waals surface area contributed by atoms with Crippen molar-refractivity contribution in [3.05, 3.63) is 42.0 Å². The largest absolute Gasteiger partial charge is 0.496 e. The van der Waals surface area contributed by atoms with Crippen molar-refractivity contribution in [1.82, 2.24) is 5.32 Å². The summed E-state index contributed by atoms with van der Waals surface area (Å²) in [5, 5.41) is 15.0. The van der Waals surface area contributed by atoms with Crippen molar-refractivity contribution in [2.75, 3.05) is 13.7 Å². The maximum Gasteiger partial charge on any atom is 0.126 e. The molecule has 0 radical (unpaired) electrons. The lowest BCUT2D eigenvalue weighted by molar-refractivity contribution is 0.181. The fraction of sp³-hybridized carbons (Fsp3) is 0.412. The Bertz CT molecular complexity index is 552. The van der Waals surface area contributed by atoms with E-state index in [1.807, 2.05) is 19.1 Å². The van der Waals surface area contributed by atoms with E-state index in [9.17, 15) is 5.11 Å². The topological polar surface area (TPSA) is 41.5 Å². The molecule has 0 aromatic heterocycles. The van der Waals surface area contributed by atoms with Crippen LogP contribution in [-0.4, -0.2) is 24.9 Å². The molecule has 0 amide bonds. The maximum absolute atomic E-state index is 9.23. The van der Waals surface area contributed by atoms with Gasteiger partial charge in [-0.25, -0.2) is 0 Å². The molecular formula is C17H23NO2. The molecule has 1 atom stereocenters. The minimum absolute atomic E-state index is 0.210. The second-order valence-electron chi connectivity index (χ2n) is 5.14. The normalized spacial score (nSPS) is 12.6. The highest BCUT2D eigenvalue weighted by Gasteiger charge is 2.05. The molecule has 0 saturated heterocycles. The second-order valence-corrected chi connectivity index (χ2v) is 5.14. The van der Waals surface area contributed by atoms with Crippen LogP contribution in [0.5, 0.6) is 5.75 Å². The van der Waals surface area contributed by atoms with E-state index in [1.54, 1.807) is 7.11 Å². The molecule has 0 fully saturated rings. The van der Waals surface area contributed by atoms with E-state index in [4.69, 9.17) is 4.74 Å². The molecule has 2 N–H and O–H groups in total. The van der Waals surface area contributed by atoms with Crippen molar-refractivity contribution in [3.63, 3.8) is 0 Å². The highest BCUT2D eigenvalue weighted by atomic mass is 16.5. The summed E-state index contributed by atoms with van der Waals surface area (Å²) in [6.45, 7) is 3.59. The second kappa shape index (κ2) is 7.27. The molecule has 0 aliphatic carbocycles. The van der Waals surface area contributed by atoms with Gasteiger partial charge in [0.05, 0.1) is 13.2 Å². The molecule has 0 aliphatic rings. The first kappa shape index (κ1) is 14.8. The summed E-state index contributed by atoms with van der Waals surface area (Å²) in [5.41, 5.74) is 1.28. The van der Waals surface area contributed by atoms with Gasteiger partial charge >= 0.3 is 0 Å².